The van der Waals surface area contributed by atoms with Gasteiger partial charge in [-0.25, -0.2) is 0 Å². The molecule has 1 unspecified atom stereocenters. The van der Waals surface area contributed by atoms with Crippen LogP contribution in [-0.2, 0) is 4.79 Å². The Morgan fingerprint density at radius 1 is 1.19 bits per heavy atom. The number of hydrogen-bond donors (Lipinski definition) is 1. The number of carbonyl (C=O) groups is 1. The molecule has 0 amide bonds. The predicted octanol–water partition coefficient (Wildman–Crippen LogP) is 2.79. The smallest absolute Gasteiger partial charge is 0.161 e. The third kappa shape index (κ3) is 2.07. The van der Waals surface area contributed by atoms with Crippen LogP contribution in [-0.4, -0.2) is 10.9 Å². The van der Waals surface area contributed by atoms with Gasteiger partial charge in [0.15, 0.2) is 5.78 Å². The topological polar surface area (TPSA) is 37.3 Å². The number of aliphatic hydroxyl groups is 1. The molecule has 1 aliphatic carbocycles. The van der Waals surface area contributed by atoms with E-state index in [1.54, 1.807) is 0 Å². The molecule has 0 radical (unpaired) electrons. The van der Waals surface area contributed by atoms with E-state index in [2.05, 4.69) is 0 Å². The first-order valence-corrected chi connectivity index (χ1v) is 5.66. The molecule has 2 heteroatoms. The van der Waals surface area contributed by atoms with E-state index in [1.807, 2.05) is 37.3 Å². The van der Waals surface area contributed by atoms with Crippen LogP contribution in [0.25, 0.3) is 0 Å². The van der Waals surface area contributed by atoms with Crippen LogP contribution < -0.4 is 0 Å². The normalized spacial score (nSPS) is 18.8. The maximum absolute atomic E-state index is 11.8. The van der Waals surface area contributed by atoms with Crippen LogP contribution in [0.3, 0.4) is 0 Å². The summed E-state index contributed by atoms with van der Waals surface area (Å²) in [5.74, 6) is 0.0973. The third-order valence-corrected chi connectivity index (χ3v) is 3.10. The fraction of sp³-hybridized carbons (Fsp3) is 0.357. The number of ketones is 1. The van der Waals surface area contributed by atoms with Crippen molar-refractivity contribution in [3.05, 3.63) is 47.0 Å². The molecule has 0 bridgehead atoms. The van der Waals surface area contributed by atoms with Gasteiger partial charge in [0.2, 0.25) is 0 Å². The molecule has 0 saturated heterocycles. The number of benzene rings is 1. The lowest BCUT2D eigenvalue weighted by molar-refractivity contribution is -0.117. The largest absolute Gasteiger partial charge is 0.384 e. The second kappa shape index (κ2) is 4.62. The summed E-state index contributed by atoms with van der Waals surface area (Å²) >= 11 is 0. The van der Waals surface area contributed by atoms with Gasteiger partial charge < -0.3 is 5.11 Å². The Bertz CT molecular complexity index is 418. The SMILES string of the molecule is CC1=C(C(O)c2ccccc2)C(=O)CCC1. The Morgan fingerprint density at radius 2 is 1.88 bits per heavy atom. The fourth-order valence-corrected chi connectivity index (χ4v) is 2.21. The summed E-state index contributed by atoms with van der Waals surface area (Å²) in [6.07, 6.45) is 1.64. The van der Waals surface area contributed by atoms with Crippen LogP contribution in [0.2, 0.25) is 0 Å². The molecule has 2 nitrogen and oxygen atoms in total. The van der Waals surface area contributed by atoms with Gasteiger partial charge >= 0.3 is 0 Å². The van der Waals surface area contributed by atoms with Gasteiger partial charge in [0, 0.05) is 12.0 Å². The standard InChI is InChI=1S/C14H16O2/c1-10-6-5-9-12(15)13(10)14(16)11-7-3-2-4-8-11/h2-4,7-8,14,16H,5-6,9H2,1H3. The maximum atomic E-state index is 11.8. The van der Waals surface area contributed by atoms with Crippen LogP contribution in [0.1, 0.15) is 37.9 Å². The van der Waals surface area contributed by atoms with E-state index in [-0.39, 0.29) is 5.78 Å². The van der Waals surface area contributed by atoms with Crippen LogP contribution in [0, 0.1) is 0 Å². The zero-order chi connectivity index (χ0) is 11.5. The van der Waals surface area contributed by atoms with Crippen LogP contribution in [0.15, 0.2) is 41.5 Å². The average molecular weight is 216 g/mol. The number of carbonyl (C=O) groups excluding carboxylic acids is 1. The molecule has 0 fully saturated rings. The van der Waals surface area contributed by atoms with Gasteiger partial charge in [-0.05, 0) is 25.3 Å². The summed E-state index contributed by atoms with van der Waals surface area (Å²) in [6.45, 7) is 1.94. The molecule has 0 aliphatic heterocycles. The minimum absolute atomic E-state index is 0.0973. The van der Waals surface area contributed by atoms with Crippen molar-refractivity contribution < 1.29 is 9.90 Å². The molecule has 16 heavy (non-hydrogen) atoms. The second-order valence-electron chi connectivity index (χ2n) is 4.28. The van der Waals surface area contributed by atoms with Crippen molar-refractivity contribution in [2.75, 3.05) is 0 Å². The highest BCUT2D eigenvalue weighted by atomic mass is 16.3. The molecule has 1 aromatic carbocycles. The predicted molar refractivity (Wildman–Crippen MR) is 63.0 cm³/mol. The van der Waals surface area contributed by atoms with Crippen molar-refractivity contribution in [3.8, 4) is 0 Å². The summed E-state index contributed by atoms with van der Waals surface area (Å²) in [5.41, 5.74) is 2.44. The van der Waals surface area contributed by atoms with Gasteiger partial charge in [0.05, 0.1) is 0 Å². The summed E-state index contributed by atoms with van der Waals surface area (Å²) in [5, 5.41) is 10.2. The fourth-order valence-electron chi connectivity index (χ4n) is 2.21. The van der Waals surface area contributed by atoms with Gasteiger partial charge in [-0.3, -0.25) is 4.79 Å². The van der Waals surface area contributed by atoms with E-state index in [9.17, 15) is 9.90 Å². The molecule has 1 N–H and O–H groups in total. The molecule has 0 spiro atoms. The van der Waals surface area contributed by atoms with Gasteiger partial charge in [-0.1, -0.05) is 35.9 Å². The van der Waals surface area contributed by atoms with E-state index in [0.29, 0.717) is 12.0 Å². The molecular weight excluding hydrogens is 200 g/mol. The minimum atomic E-state index is -0.756. The molecule has 84 valence electrons. The molecule has 1 aliphatic rings. The zero-order valence-corrected chi connectivity index (χ0v) is 9.44. The van der Waals surface area contributed by atoms with E-state index < -0.39 is 6.10 Å². The second-order valence-corrected chi connectivity index (χ2v) is 4.28. The van der Waals surface area contributed by atoms with Crippen molar-refractivity contribution in [3.63, 3.8) is 0 Å². The van der Waals surface area contributed by atoms with Crippen molar-refractivity contribution in [1.82, 2.24) is 0 Å². The van der Waals surface area contributed by atoms with E-state index in [4.69, 9.17) is 0 Å². The van der Waals surface area contributed by atoms with Gasteiger partial charge in [0.1, 0.15) is 6.10 Å². The van der Waals surface area contributed by atoms with Gasteiger partial charge in [0.25, 0.3) is 0 Å². The highest BCUT2D eigenvalue weighted by Gasteiger charge is 2.25. The number of aliphatic hydroxyl groups excluding tert-OH is 1. The molecule has 0 heterocycles. The lowest BCUT2D eigenvalue weighted by Crippen LogP contribution is -2.17. The number of rotatable bonds is 2. The van der Waals surface area contributed by atoms with E-state index in [1.165, 1.54) is 0 Å². The first-order valence-electron chi connectivity index (χ1n) is 5.66. The molecule has 1 aromatic rings. The summed E-state index contributed by atoms with van der Waals surface area (Å²) in [7, 11) is 0. The van der Waals surface area contributed by atoms with E-state index in [0.717, 1.165) is 24.0 Å². The summed E-state index contributed by atoms with van der Waals surface area (Å²) in [6, 6.07) is 9.36. The number of allylic oxidation sites excluding steroid dienone is 1. The molecule has 0 aromatic heterocycles. The van der Waals surface area contributed by atoms with Crippen molar-refractivity contribution >= 4 is 5.78 Å². The Morgan fingerprint density at radius 3 is 2.50 bits per heavy atom. The Kier molecular flexibility index (Phi) is 3.20. The van der Waals surface area contributed by atoms with Crippen molar-refractivity contribution in [2.45, 2.75) is 32.3 Å². The Labute approximate surface area is 95.6 Å². The lowest BCUT2D eigenvalue weighted by Gasteiger charge is -2.21. The van der Waals surface area contributed by atoms with Crippen LogP contribution in [0.5, 0.6) is 0 Å². The zero-order valence-electron chi connectivity index (χ0n) is 9.44. The van der Waals surface area contributed by atoms with Gasteiger partial charge in [-0.15, -0.1) is 0 Å². The molecule has 2 rings (SSSR count). The summed E-state index contributed by atoms with van der Waals surface area (Å²) < 4.78 is 0. The third-order valence-electron chi connectivity index (χ3n) is 3.10. The first kappa shape index (κ1) is 11.1. The lowest BCUT2D eigenvalue weighted by atomic mass is 9.86. The van der Waals surface area contributed by atoms with Crippen molar-refractivity contribution in [2.24, 2.45) is 0 Å². The van der Waals surface area contributed by atoms with Gasteiger partial charge in [-0.2, -0.15) is 0 Å². The first-order chi connectivity index (χ1) is 7.70. The van der Waals surface area contributed by atoms with Crippen LogP contribution in [0.4, 0.5) is 0 Å². The minimum Gasteiger partial charge on any atom is -0.384 e. The van der Waals surface area contributed by atoms with Crippen molar-refractivity contribution in [1.29, 1.82) is 0 Å². The number of hydrogen-bond acceptors (Lipinski definition) is 2. The van der Waals surface area contributed by atoms with Crippen LogP contribution >= 0.6 is 0 Å². The average Bonchev–Trinajstić information content (AvgIpc) is 2.30. The Balaban J connectivity index is 2.34. The highest BCUT2D eigenvalue weighted by molar-refractivity contribution is 5.97. The molecular formula is C14H16O2. The molecule has 0 saturated carbocycles. The monoisotopic (exact) mass is 216 g/mol. The number of Topliss-reactive ketones (excluding diaryl/α,β-unsaturated/α-hetero) is 1. The molecule has 1 atom stereocenters. The quantitative estimate of drug-likeness (QED) is 0.825. The highest BCUT2D eigenvalue weighted by Crippen LogP contribution is 2.31. The summed E-state index contributed by atoms with van der Waals surface area (Å²) in [4.78, 5) is 11.8. The maximum Gasteiger partial charge on any atom is 0.161 e. The van der Waals surface area contributed by atoms with E-state index >= 15 is 0 Å². The Hall–Kier alpha value is -1.41.